The second-order valence-electron chi connectivity index (χ2n) is 8.02. The lowest BCUT2D eigenvalue weighted by Gasteiger charge is -2.23. The van der Waals surface area contributed by atoms with Crippen molar-refractivity contribution in [2.75, 3.05) is 22.3 Å². The van der Waals surface area contributed by atoms with Gasteiger partial charge in [0.25, 0.3) is 5.91 Å². The Bertz CT molecular complexity index is 1190. The van der Waals surface area contributed by atoms with Crippen LogP contribution in [-0.2, 0) is 11.3 Å². The van der Waals surface area contributed by atoms with Gasteiger partial charge in [-0.1, -0.05) is 42.5 Å². The number of carbonyl (C=O) groups excluding carboxylic acids is 3. The molecule has 0 spiro atoms. The number of amides is 4. The van der Waals surface area contributed by atoms with Crippen LogP contribution in [0, 0.1) is 6.92 Å². The molecule has 1 aliphatic rings. The molecule has 4 amide bonds. The van der Waals surface area contributed by atoms with Crippen LogP contribution in [0.1, 0.15) is 21.5 Å². The number of hydrogen-bond donors (Lipinski definition) is 3. The maximum Gasteiger partial charge on any atom is 0.323 e. The van der Waals surface area contributed by atoms with Crippen LogP contribution in [0.5, 0.6) is 0 Å². The zero-order chi connectivity index (χ0) is 23.9. The number of benzene rings is 3. The van der Waals surface area contributed by atoms with E-state index in [4.69, 9.17) is 0 Å². The van der Waals surface area contributed by atoms with Crippen molar-refractivity contribution < 1.29 is 14.4 Å². The van der Waals surface area contributed by atoms with Gasteiger partial charge in [-0.2, -0.15) is 0 Å². The van der Waals surface area contributed by atoms with Gasteiger partial charge in [0.15, 0.2) is 0 Å². The first kappa shape index (κ1) is 23.4. The topological polar surface area (TPSA) is 90.5 Å². The van der Waals surface area contributed by atoms with Crippen LogP contribution in [0.4, 0.5) is 16.2 Å². The maximum absolute atomic E-state index is 12.9. The third kappa shape index (κ3) is 5.96. The van der Waals surface area contributed by atoms with E-state index in [9.17, 15) is 14.4 Å². The van der Waals surface area contributed by atoms with Crippen molar-refractivity contribution in [1.29, 1.82) is 0 Å². The van der Waals surface area contributed by atoms with Gasteiger partial charge in [-0.25, -0.2) is 4.79 Å². The number of thioether (sulfide) groups is 1. The van der Waals surface area contributed by atoms with Gasteiger partial charge in [-0.3, -0.25) is 9.59 Å². The summed E-state index contributed by atoms with van der Waals surface area (Å²) in [5.41, 5.74) is 3.80. The molecule has 1 heterocycles. The van der Waals surface area contributed by atoms with E-state index in [1.54, 1.807) is 34.9 Å². The Labute approximate surface area is 202 Å². The summed E-state index contributed by atoms with van der Waals surface area (Å²) in [7, 11) is 0. The molecule has 0 unspecified atom stereocenters. The molecule has 8 heteroatoms. The van der Waals surface area contributed by atoms with Gasteiger partial charge in [0.1, 0.15) is 6.04 Å². The SMILES string of the molecule is Cc1cccc(NC(=O)Nc2cccc(CNC(=O)[C@@H]3CSCN3C(=O)c3ccccc3)c2)c1. The summed E-state index contributed by atoms with van der Waals surface area (Å²) in [5.74, 6) is 0.716. The highest BCUT2D eigenvalue weighted by Crippen LogP contribution is 2.23. The zero-order valence-corrected chi connectivity index (χ0v) is 19.6. The quantitative estimate of drug-likeness (QED) is 0.492. The Morgan fingerprint density at radius 2 is 1.62 bits per heavy atom. The predicted octanol–water partition coefficient (Wildman–Crippen LogP) is 4.47. The van der Waals surface area contributed by atoms with Crippen LogP contribution in [0.3, 0.4) is 0 Å². The van der Waals surface area contributed by atoms with Gasteiger partial charge >= 0.3 is 6.03 Å². The van der Waals surface area contributed by atoms with E-state index < -0.39 is 6.04 Å². The highest BCUT2D eigenvalue weighted by atomic mass is 32.2. The van der Waals surface area contributed by atoms with Gasteiger partial charge in [0.05, 0.1) is 5.88 Å². The van der Waals surface area contributed by atoms with E-state index in [1.165, 1.54) is 0 Å². The van der Waals surface area contributed by atoms with Gasteiger partial charge < -0.3 is 20.9 Å². The number of anilines is 2. The highest BCUT2D eigenvalue weighted by molar-refractivity contribution is 7.99. The molecule has 1 aliphatic heterocycles. The van der Waals surface area contributed by atoms with Gasteiger partial charge in [-0.05, 0) is 54.4 Å². The molecule has 0 bridgehead atoms. The van der Waals surface area contributed by atoms with E-state index in [0.29, 0.717) is 35.1 Å². The first-order chi connectivity index (χ1) is 16.5. The minimum Gasteiger partial charge on any atom is -0.350 e. The van der Waals surface area contributed by atoms with Gasteiger partial charge in [0, 0.05) is 29.2 Å². The van der Waals surface area contributed by atoms with Crippen LogP contribution in [-0.4, -0.2) is 40.4 Å². The second kappa shape index (κ2) is 10.9. The summed E-state index contributed by atoms with van der Waals surface area (Å²) in [5, 5.41) is 8.55. The number of nitrogens with one attached hydrogen (secondary N) is 3. The van der Waals surface area contributed by atoms with Crippen molar-refractivity contribution in [3.63, 3.8) is 0 Å². The van der Waals surface area contributed by atoms with Gasteiger partial charge in [0.2, 0.25) is 5.91 Å². The second-order valence-corrected chi connectivity index (χ2v) is 9.02. The van der Waals surface area contributed by atoms with Crippen molar-refractivity contribution in [2.45, 2.75) is 19.5 Å². The number of nitrogens with zero attached hydrogens (tertiary/aromatic N) is 1. The first-order valence-corrected chi connectivity index (χ1v) is 12.1. The van der Waals surface area contributed by atoms with Crippen molar-refractivity contribution in [3.05, 3.63) is 95.6 Å². The number of urea groups is 1. The number of aryl methyl sites for hydroxylation is 1. The normalized spacial score (nSPS) is 15.0. The average Bonchev–Trinajstić information content (AvgIpc) is 3.33. The smallest absolute Gasteiger partial charge is 0.323 e. The fraction of sp³-hybridized carbons (Fsp3) is 0.192. The van der Waals surface area contributed by atoms with E-state index in [1.807, 2.05) is 67.6 Å². The van der Waals surface area contributed by atoms with Crippen LogP contribution >= 0.6 is 11.8 Å². The third-order valence-corrected chi connectivity index (χ3v) is 6.41. The minimum absolute atomic E-state index is 0.142. The molecular weight excluding hydrogens is 448 g/mol. The minimum atomic E-state index is -0.515. The molecule has 34 heavy (non-hydrogen) atoms. The Morgan fingerprint density at radius 3 is 2.35 bits per heavy atom. The Balaban J connectivity index is 1.32. The molecule has 0 aromatic heterocycles. The summed E-state index contributed by atoms with van der Waals surface area (Å²) >= 11 is 1.56. The van der Waals surface area contributed by atoms with Crippen molar-refractivity contribution >= 4 is 41.0 Å². The van der Waals surface area contributed by atoms with Crippen LogP contribution in [0.25, 0.3) is 0 Å². The maximum atomic E-state index is 12.9. The molecule has 4 rings (SSSR count). The number of hydrogen-bond acceptors (Lipinski definition) is 4. The molecule has 174 valence electrons. The summed E-state index contributed by atoms with van der Waals surface area (Å²) in [6.07, 6.45) is 0. The molecule has 0 saturated carbocycles. The summed E-state index contributed by atoms with van der Waals surface area (Å²) < 4.78 is 0. The van der Waals surface area contributed by atoms with Gasteiger partial charge in [-0.15, -0.1) is 11.8 Å². The fourth-order valence-corrected chi connectivity index (χ4v) is 4.84. The summed E-state index contributed by atoms with van der Waals surface area (Å²) in [4.78, 5) is 39.6. The molecular formula is C26H26N4O3S. The molecule has 1 atom stereocenters. The molecule has 1 fully saturated rings. The van der Waals surface area contributed by atoms with Crippen molar-refractivity contribution in [2.24, 2.45) is 0 Å². The first-order valence-electron chi connectivity index (χ1n) is 10.9. The van der Waals surface area contributed by atoms with E-state index in [0.717, 1.165) is 11.1 Å². The summed E-state index contributed by atoms with van der Waals surface area (Å²) in [6, 6.07) is 23.0. The molecule has 3 N–H and O–H groups in total. The lowest BCUT2D eigenvalue weighted by Crippen LogP contribution is -2.47. The lowest BCUT2D eigenvalue weighted by atomic mass is 10.1. The largest absolute Gasteiger partial charge is 0.350 e. The zero-order valence-electron chi connectivity index (χ0n) is 18.8. The molecule has 3 aromatic rings. The number of carbonyl (C=O) groups is 3. The monoisotopic (exact) mass is 474 g/mol. The third-order valence-electron chi connectivity index (χ3n) is 5.39. The Kier molecular flexibility index (Phi) is 7.49. The Hall–Kier alpha value is -3.78. The molecule has 0 aliphatic carbocycles. The van der Waals surface area contributed by atoms with Crippen LogP contribution in [0.15, 0.2) is 78.9 Å². The van der Waals surface area contributed by atoms with E-state index in [-0.39, 0.29) is 17.8 Å². The van der Waals surface area contributed by atoms with Crippen LogP contribution < -0.4 is 16.0 Å². The molecule has 1 saturated heterocycles. The number of rotatable bonds is 6. The van der Waals surface area contributed by atoms with Crippen molar-refractivity contribution in [1.82, 2.24) is 10.2 Å². The van der Waals surface area contributed by atoms with E-state index in [2.05, 4.69) is 16.0 Å². The van der Waals surface area contributed by atoms with Crippen molar-refractivity contribution in [3.8, 4) is 0 Å². The average molecular weight is 475 g/mol. The predicted molar refractivity (Wildman–Crippen MR) is 136 cm³/mol. The summed E-state index contributed by atoms with van der Waals surface area (Å²) in [6.45, 7) is 2.25. The Morgan fingerprint density at radius 1 is 0.912 bits per heavy atom. The fourth-order valence-electron chi connectivity index (χ4n) is 3.69. The lowest BCUT2D eigenvalue weighted by molar-refractivity contribution is -0.124. The van der Waals surface area contributed by atoms with Crippen LogP contribution in [0.2, 0.25) is 0 Å². The standard InChI is InChI=1S/C26H26N4O3S/c1-18-7-5-11-21(13-18)28-26(33)29-22-12-6-8-19(14-22)15-27-24(31)23-16-34-17-30(23)25(32)20-9-3-2-4-10-20/h2-14,23H,15-17H2,1H3,(H,27,31)(H2,28,29,33)/t23-/m0/s1. The molecule has 3 aromatic carbocycles. The van der Waals surface area contributed by atoms with E-state index >= 15 is 0 Å². The highest BCUT2D eigenvalue weighted by Gasteiger charge is 2.34. The molecule has 0 radical (unpaired) electrons. The molecule has 7 nitrogen and oxygen atoms in total.